The number of benzene rings is 2. The second kappa shape index (κ2) is 6.91. The molecule has 0 atom stereocenters. The van der Waals surface area contributed by atoms with Crippen molar-refractivity contribution in [3.8, 4) is 6.07 Å². The Morgan fingerprint density at radius 2 is 1.95 bits per heavy atom. The zero-order valence-corrected chi connectivity index (χ0v) is 12.7. The van der Waals surface area contributed by atoms with E-state index in [-0.39, 0.29) is 5.56 Å². The molecule has 0 heterocycles. The first-order valence-electron chi connectivity index (χ1n) is 6.36. The number of carboxylic acids is 1. The zero-order valence-electron chi connectivity index (χ0n) is 11.1. The largest absolute Gasteiger partial charge is 0.478 e. The highest BCUT2D eigenvalue weighted by Gasteiger charge is 2.04. The lowest BCUT2D eigenvalue weighted by molar-refractivity contribution is 0.0697. The van der Waals surface area contributed by atoms with Crippen molar-refractivity contribution in [2.24, 2.45) is 0 Å². The molecule has 0 aromatic heterocycles. The number of hydrogen-bond acceptors (Lipinski definition) is 3. The van der Waals surface area contributed by atoms with Crippen LogP contribution in [0.4, 0.5) is 5.69 Å². The first-order valence-corrected chi connectivity index (χ1v) is 7.15. The molecule has 0 aliphatic rings. The van der Waals surface area contributed by atoms with Gasteiger partial charge in [-0.3, -0.25) is 0 Å². The van der Waals surface area contributed by atoms with Gasteiger partial charge in [0.15, 0.2) is 0 Å². The van der Waals surface area contributed by atoms with E-state index in [1.165, 1.54) is 0 Å². The molecule has 0 saturated heterocycles. The summed E-state index contributed by atoms with van der Waals surface area (Å²) in [5, 5.41) is 21.1. The predicted molar refractivity (Wildman–Crippen MR) is 84.5 cm³/mol. The molecule has 0 amide bonds. The third kappa shape index (κ3) is 4.07. The van der Waals surface area contributed by atoms with Gasteiger partial charge < -0.3 is 10.4 Å². The van der Waals surface area contributed by atoms with Crippen LogP contribution in [0.15, 0.2) is 46.9 Å². The number of nitriles is 1. The summed E-state index contributed by atoms with van der Waals surface area (Å²) in [6.07, 6.45) is 0.751. The van der Waals surface area contributed by atoms with Crippen molar-refractivity contribution in [3.05, 3.63) is 63.6 Å². The molecule has 2 rings (SSSR count). The molecule has 0 bridgehead atoms. The zero-order chi connectivity index (χ0) is 15.2. The van der Waals surface area contributed by atoms with Crippen LogP contribution in [0.25, 0.3) is 0 Å². The minimum atomic E-state index is -0.923. The van der Waals surface area contributed by atoms with Gasteiger partial charge in [0.2, 0.25) is 0 Å². The van der Waals surface area contributed by atoms with Gasteiger partial charge in [0.25, 0.3) is 0 Å². The maximum absolute atomic E-state index is 10.8. The maximum Gasteiger partial charge on any atom is 0.335 e. The number of nitrogens with one attached hydrogen (secondary N) is 1. The van der Waals surface area contributed by atoms with Gasteiger partial charge in [-0.15, -0.1) is 0 Å². The second-order valence-electron chi connectivity index (χ2n) is 4.48. The molecule has 4 nitrogen and oxygen atoms in total. The minimum absolute atomic E-state index is 0.284. The van der Waals surface area contributed by atoms with Crippen LogP contribution < -0.4 is 5.32 Å². The topological polar surface area (TPSA) is 73.1 Å². The van der Waals surface area contributed by atoms with E-state index in [1.54, 1.807) is 30.3 Å². The van der Waals surface area contributed by atoms with E-state index in [0.717, 1.165) is 22.1 Å². The van der Waals surface area contributed by atoms with E-state index in [9.17, 15) is 4.79 Å². The van der Waals surface area contributed by atoms with E-state index in [4.69, 9.17) is 10.4 Å². The molecule has 2 N–H and O–H groups in total. The number of halogens is 1. The quantitative estimate of drug-likeness (QED) is 0.867. The van der Waals surface area contributed by atoms with Crippen LogP contribution in [0, 0.1) is 11.3 Å². The highest BCUT2D eigenvalue weighted by Crippen LogP contribution is 2.20. The molecule has 106 valence electrons. The summed E-state index contributed by atoms with van der Waals surface area (Å²) in [6, 6.07) is 14.4. The molecular weight excluding hydrogens is 332 g/mol. The molecule has 5 heteroatoms. The van der Waals surface area contributed by atoms with Crippen molar-refractivity contribution in [2.45, 2.75) is 6.42 Å². The Morgan fingerprint density at radius 1 is 1.24 bits per heavy atom. The number of nitrogens with zero attached hydrogens (tertiary/aromatic N) is 1. The van der Waals surface area contributed by atoms with Crippen molar-refractivity contribution in [1.29, 1.82) is 5.26 Å². The number of carbonyl (C=O) groups is 1. The standard InChI is InChI=1S/C16H13BrN2O2/c17-14-5-6-15(13(9-14)10-18)19-8-7-11-1-3-12(4-2-11)16(20)21/h1-6,9,19H,7-8H2,(H,20,21). The Kier molecular flexibility index (Phi) is 4.96. The third-order valence-electron chi connectivity index (χ3n) is 3.03. The Morgan fingerprint density at radius 3 is 2.57 bits per heavy atom. The van der Waals surface area contributed by atoms with Gasteiger partial charge in [-0.25, -0.2) is 4.79 Å². The molecular formula is C16H13BrN2O2. The van der Waals surface area contributed by atoms with Crippen molar-refractivity contribution >= 4 is 27.6 Å². The molecule has 0 unspecified atom stereocenters. The normalized spacial score (nSPS) is 9.90. The fourth-order valence-corrected chi connectivity index (χ4v) is 2.28. The summed E-state index contributed by atoms with van der Waals surface area (Å²) in [4.78, 5) is 10.8. The summed E-state index contributed by atoms with van der Waals surface area (Å²) >= 11 is 3.33. The molecule has 21 heavy (non-hydrogen) atoms. The van der Waals surface area contributed by atoms with Gasteiger partial charge in [-0.05, 0) is 42.3 Å². The Balaban J connectivity index is 1.95. The summed E-state index contributed by atoms with van der Waals surface area (Å²) in [7, 11) is 0. The van der Waals surface area contributed by atoms with Gasteiger partial charge in [0, 0.05) is 11.0 Å². The lowest BCUT2D eigenvalue weighted by Gasteiger charge is -2.08. The van der Waals surface area contributed by atoms with Crippen LogP contribution in [-0.4, -0.2) is 17.6 Å². The monoisotopic (exact) mass is 344 g/mol. The summed E-state index contributed by atoms with van der Waals surface area (Å²) < 4.78 is 0.869. The third-order valence-corrected chi connectivity index (χ3v) is 3.53. The fraction of sp³-hybridized carbons (Fsp3) is 0.125. The predicted octanol–water partition coefficient (Wildman–Crippen LogP) is 3.67. The van der Waals surface area contributed by atoms with Crippen molar-refractivity contribution in [2.75, 3.05) is 11.9 Å². The van der Waals surface area contributed by atoms with Crippen LogP contribution in [0.5, 0.6) is 0 Å². The Hall–Kier alpha value is -2.32. The molecule has 0 aliphatic heterocycles. The number of anilines is 1. The van der Waals surface area contributed by atoms with E-state index in [1.807, 2.05) is 12.1 Å². The first-order chi connectivity index (χ1) is 10.1. The molecule has 0 aliphatic carbocycles. The van der Waals surface area contributed by atoms with Gasteiger partial charge in [-0.2, -0.15) is 5.26 Å². The average Bonchev–Trinajstić information content (AvgIpc) is 2.49. The SMILES string of the molecule is N#Cc1cc(Br)ccc1NCCc1ccc(C(=O)O)cc1. The molecule has 2 aromatic carbocycles. The maximum atomic E-state index is 10.8. The fourth-order valence-electron chi connectivity index (χ4n) is 1.92. The summed E-state index contributed by atoms with van der Waals surface area (Å²) in [6.45, 7) is 0.669. The summed E-state index contributed by atoms with van der Waals surface area (Å²) in [5.41, 5.74) is 2.71. The molecule has 0 fully saturated rings. The lowest BCUT2D eigenvalue weighted by Crippen LogP contribution is -2.06. The van der Waals surface area contributed by atoms with Crippen LogP contribution >= 0.6 is 15.9 Å². The Bertz CT molecular complexity index is 690. The average molecular weight is 345 g/mol. The van der Waals surface area contributed by atoms with E-state index < -0.39 is 5.97 Å². The highest BCUT2D eigenvalue weighted by molar-refractivity contribution is 9.10. The molecule has 2 aromatic rings. The minimum Gasteiger partial charge on any atom is -0.478 e. The van der Waals surface area contributed by atoms with Crippen LogP contribution in [0.1, 0.15) is 21.5 Å². The van der Waals surface area contributed by atoms with Crippen molar-refractivity contribution in [3.63, 3.8) is 0 Å². The van der Waals surface area contributed by atoms with E-state index in [2.05, 4.69) is 27.3 Å². The van der Waals surface area contributed by atoms with E-state index in [0.29, 0.717) is 12.1 Å². The molecule has 0 radical (unpaired) electrons. The van der Waals surface area contributed by atoms with Gasteiger partial charge in [0.05, 0.1) is 16.8 Å². The first kappa shape index (κ1) is 15.1. The van der Waals surface area contributed by atoms with Crippen LogP contribution in [-0.2, 0) is 6.42 Å². The summed E-state index contributed by atoms with van der Waals surface area (Å²) in [5.74, 6) is -0.923. The van der Waals surface area contributed by atoms with Gasteiger partial charge >= 0.3 is 5.97 Å². The smallest absolute Gasteiger partial charge is 0.335 e. The van der Waals surface area contributed by atoms with Crippen LogP contribution in [0.2, 0.25) is 0 Å². The number of rotatable bonds is 5. The van der Waals surface area contributed by atoms with E-state index >= 15 is 0 Å². The number of hydrogen-bond donors (Lipinski definition) is 2. The number of carboxylic acid groups (broad SMARTS) is 1. The van der Waals surface area contributed by atoms with Gasteiger partial charge in [-0.1, -0.05) is 28.1 Å². The number of aromatic carboxylic acids is 1. The van der Waals surface area contributed by atoms with Crippen molar-refractivity contribution in [1.82, 2.24) is 0 Å². The van der Waals surface area contributed by atoms with Gasteiger partial charge in [0.1, 0.15) is 6.07 Å². The lowest BCUT2D eigenvalue weighted by atomic mass is 10.1. The molecule has 0 saturated carbocycles. The highest BCUT2D eigenvalue weighted by atomic mass is 79.9. The van der Waals surface area contributed by atoms with Crippen molar-refractivity contribution < 1.29 is 9.90 Å². The molecule has 0 spiro atoms. The van der Waals surface area contributed by atoms with Crippen LogP contribution in [0.3, 0.4) is 0 Å². The second-order valence-corrected chi connectivity index (χ2v) is 5.40. The Labute approximate surface area is 131 Å².